The average molecular weight is 206 g/mol. The van der Waals surface area contributed by atoms with E-state index in [1.807, 2.05) is 18.2 Å². The molecule has 1 aliphatic rings. The van der Waals surface area contributed by atoms with Gasteiger partial charge in [0, 0.05) is 25.7 Å². The molecule has 0 aromatic heterocycles. The molecular formula is C12H18N2O. The summed E-state index contributed by atoms with van der Waals surface area (Å²) in [6.45, 7) is 2.56. The van der Waals surface area contributed by atoms with E-state index in [2.05, 4.69) is 17.0 Å². The lowest BCUT2D eigenvalue weighted by Gasteiger charge is -2.20. The van der Waals surface area contributed by atoms with Crippen LogP contribution in [-0.4, -0.2) is 35.7 Å². The molecule has 0 saturated carbocycles. The molecule has 0 spiro atoms. The van der Waals surface area contributed by atoms with Gasteiger partial charge in [-0.15, -0.1) is 0 Å². The summed E-state index contributed by atoms with van der Waals surface area (Å²) < 4.78 is 0. The second-order valence-corrected chi connectivity index (χ2v) is 4.22. The van der Waals surface area contributed by atoms with Crippen LogP contribution >= 0.6 is 0 Å². The van der Waals surface area contributed by atoms with Crippen molar-refractivity contribution in [1.29, 1.82) is 0 Å². The highest BCUT2D eigenvalue weighted by molar-refractivity contribution is 5.18. The van der Waals surface area contributed by atoms with Gasteiger partial charge in [-0.1, -0.05) is 30.3 Å². The molecular weight excluding hydrogens is 188 g/mol. The van der Waals surface area contributed by atoms with Crippen molar-refractivity contribution in [3.05, 3.63) is 35.9 Å². The molecule has 2 atom stereocenters. The Kier molecular flexibility index (Phi) is 3.36. The fourth-order valence-corrected chi connectivity index (χ4v) is 2.06. The molecule has 0 bridgehead atoms. The van der Waals surface area contributed by atoms with Crippen molar-refractivity contribution < 1.29 is 5.11 Å². The summed E-state index contributed by atoms with van der Waals surface area (Å²) >= 11 is 0. The maximum Gasteiger partial charge on any atom is 0.0679 e. The molecule has 3 N–H and O–H groups in total. The zero-order chi connectivity index (χ0) is 10.7. The molecule has 0 aliphatic carbocycles. The van der Waals surface area contributed by atoms with E-state index >= 15 is 0 Å². The highest BCUT2D eigenvalue weighted by atomic mass is 16.3. The summed E-state index contributed by atoms with van der Waals surface area (Å²) in [4.78, 5) is 2.22. The van der Waals surface area contributed by atoms with Crippen molar-refractivity contribution in [3.8, 4) is 0 Å². The second-order valence-electron chi connectivity index (χ2n) is 4.22. The summed E-state index contributed by atoms with van der Waals surface area (Å²) in [6.07, 6.45) is 0.717. The van der Waals surface area contributed by atoms with E-state index in [0.29, 0.717) is 0 Å². The van der Waals surface area contributed by atoms with Crippen LogP contribution in [0.25, 0.3) is 0 Å². The van der Waals surface area contributed by atoms with Crippen LogP contribution in [0.1, 0.15) is 18.0 Å². The Hall–Kier alpha value is -0.900. The number of aliphatic hydroxyl groups is 1. The SMILES string of the molecule is NC(CN1CCC(O)C1)c1ccccc1. The Labute approximate surface area is 90.5 Å². The van der Waals surface area contributed by atoms with E-state index in [1.165, 1.54) is 5.56 Å². The van der Waals surface area contributed by atoms with Crippen molar-refractivity contribution >= 4 is 0 Å². The summed E-state index contributed by atoms with van der Waals surface area (Å²) in [6, 6.07) is 10.2. The molecule has 0 radical (unpaired) electrons. The third-order valence-corrected chi connectivity index (χ3v) is 2.93. The first-order valence-corrected chi connectivity index (χ1v) is 5.46. The summed E-state index contributed by atoms with van der Waals surface area (Å²) in [5, 5.41) is 9.40. The Balaban J connectivity index is 1.90. The van der Waals surface area contributed by atoms with Crippen LogP contribution in [0.15, 0.2) is 30.3 Å². The number of β-amino-alcohol motifs (C(OH)–C–C–N with tert-alkyl or cyclic N) is 1. The van der Waals surface area contributed by atoms with Crippen molar-refractivity contribution in [2.24, 2.45) is 5.73 Å². The minimum absolute atomic E-state index is 0.0523. The van der Waals surface area contributed by atoms with Gasteiger partial charge in [0.1, 0.15) is 0 Å². The molecule has 1 fully saturated rings. The van der Waals surface area contributed by atoms with Crippen LogP contribution < -0.4 is 5.73 Å². The highest BCUT2D eigenvalue weighted by Crippen LogP contribution is 2.15. The normalized spacial score (nSPS) is 24.3. The van der Waals surface area contributed by atoms with E-state index in [1.54, 1.807) is 0 Å². The number of aliphatic hydroxyl groups excluding tert-OH is 1. The van der Waals surface area contributed by atoms with E-state index < -0.39 is 0 Å². The fraction of sp³-hybridized carbons (Fsp3) is 0.500. The highest BCUT2D eigenvalue weighted by Gasteiger charge is 2.21. The molecule has 1 aliphatic heterocycles. The number of hydrogen-bond donors (Lipinski definition) is 2. The minimum atomic E-state index is -0.159. The van der Waals surface area contributed by atoms with Crippen LogP contribution in [0.4, 0.5) is 0 Å². The van der Waals surface area contributed by atoms with Gasteiger partial charge in [-0.25, -0.2) is 0 Å². The van der Waals surface area contributed by atoms with Gasteiger partial charge in [-0.2, -0.15) is 0 Å². The Morgan fingerprint density at radius 2 is 2.13 bits per heavy atom. The van der Waals surface area contributed by atoms with Crippen LogP contribution in [0.5, 0.6) is 0 Å². The van der Waals surface area contributed by atoms with Gasteiger partial charge < -0.3 is 10.8 Å². The predicted octanol–water partition coefficient (Wildman–Crippen LogP) is 0.753. The van der Waals surface area contributed by atoms with E-state index in [0.717, 1.165) is 26.1 Å². The fourth-order valence-electron chi connectivity index (χ4n) is 2.06. The van der Waals surface area contributed by atoms with Crippen LogP contribution in [-0.2, 0) is 0 Å². The summed E-state index contributed by atoms with van der Waals surface area (Å²) in [5.41, 5.74) is 7.26. The molecule has 2 unspecified atom stereocenters. The molecule has 0 amide bonds. The predicted molar refractivity (Wildman–Crippen MR) is 60.4 cm³/mol. The van der Waals surface area contributed by atoms with Crippen LogP contribution in [0.2, 0.25) is 0 Å². The van der Waals surface area contributed by atoms with Crippen molar-refractivity contribution in [3.63, 3.8) is 0 Å². The first kappa shape index (κ1) is 10.6. The third kappa shape index (κ3) is 2.78. The smallest absolute Gasteiger partial charge is 0.0679 e. The monoisotopic (exact) mass is 206 g/mol. The first-order chi connectivity index (χ1) is 7.25. The van der Waals surface area contributed by atoms with E-state index in [9.17, 15) is 5.11 Å². The van der Waals surface area contributed by atoms with Gasteiger partial charge in [0.2, 0.25) is 0 Å². The van der Waals surface area contributed by atoms with E-state index in [-0.39, 0.29) is 12.1 Å². The maximum atomic E-state index is 9.40. The van der Waals surface area contributed by atoms with Gasteiger partial charge in [-0.3, -0.25) is 4.90 Å². The summed E-state index contributed by atoms with van der Waals surface area (Å²) in [7, 11) is 0. The molecule has 2 rings (SSSR count). The zero-order valence-electron chi connectivity index (χ0n) is 8.84. The maximum absolute atomic E-state index is 9.40. The third-order valence-electron chi connectivity index (χ3n) is 2.93. The topological polar surface area (TPSA) is 49.5 Å². The van der Waals surface area contributed by atoms with Crippen molar-refractivity contribution in [2.75, 3.05) is 19.6 Å². The summed E-state index contributed by atoms with van der Waals surface area (Å²) in [5.74, 6) is 0. The number of likely N-dealkylation sites (tertiary alicyclic amines) is 1. The quantitative estimate of drug-likeness (QED) is 0.767. The van der Waals surface area contributed by atoms with Crippen LogP contribution in [0.3, 0.4) is 0 Å². The molecule has 82 valence electrons. The Morgan fingerprint density at radius 1 is 1.40 bits per heavy atom. The van der Waals surface area contributed by atoms with Gasteiger partial charge in [-0.05, 0) is 12.0 Å². The number of hydrogen-bond acceptors (Lipinski definition) is 3. The molecule has 1 aromatic carbocycles. The second kappa shape index (κ2) is 4.75. The van der Waals surface area contributed by atoms with Gasteiger partial charge in [0.25, 0.3) is 0 Å². The molecule has 3 nitrogen and oxygen atoms in total. The van der Waals surface area contributed by atoms with Gasteiger partial charge >= 0.3 is 0 Å². The molecule has 15 heavy (non-hydrogen) atoms. The zero-order valence-corrected chi connectivity index (χ0v) is 8.84. The standard InChI is InChI=1S/C12H18N2O/c13-12(10-4-2-1-3-5-10)9-14-7-6-11(15)8-14/h1-5,11-12,15H,6-9,13H2. The molecule has 3 heteroatoms. The van der Waals surface area contributed by atoms with Crippen LogP contribution in [0, 0.1) is 0 Å². The number of benzene rings is 1. The molecule has 1 heterocycles. The number of nitrogens with zero attached hydrogens (tertiary/aromatic N) is 1. The lowest BCUT2D eigenvalue weighted by atomic mass is 10.1. The van der Waals surface area contributed by atoms with Crippen molar-refractivity contribution in [1.82, 2.24) is 4.90 Å². The lowest BCUT2D eigenvalue weighted by Crippen LogP contribution is -2.31. The van der Waals surface area contributed by atoms with E-state index in [4.69, 9.17) is 5.73 Å². The van der Waals surface area contributed by atoms with Gasteiger partial charge in [0.05, 0.1) is 6.10 Å². The number of rotatable bonds is 3. The lowest BCUT2D eigenvalue weighted by molar-refractivity contribution is 0.174. The Bertz CT molecular complexity index is 302. The van der Waals surface area contributed by atoms with Gasteiger partial charge in [0.15, 0.2) is 0 Å². The number of nitrogens with two attached hydrogens (primary N) is 1. The average Bonchev–Trinajstić information content (AvgIpc) is 2.65. The largest absolute Gasteiger partial charge is 0.392 e. The molecule has 1 saturated heterocycles. The van der Waals surface area contributed by atoms with Crippen molar-refractivity contribution in [2.45, 2.75) is 18.6 Å². The Morgan fingerprint density at radius 3 is 2.73 bits per heavy atom. The minimum Gasteiger partial charge on any atom is -0.392 e. The molecule has 1 aromatic rings. The first-order valence-electron chi connectivity index (χ1n) is 5.46.